The Morgan fingerprint density at radius 1 is 1.45 bits per heavy atom. The normalized spacial score (nSPS) is 16.4. The molecule has 1 heterocycles. The molecule has 0 spiro atoms. The topological polar surface area (TPSA) is 95.7 Å². The number of phenolic OH excluding ortho intramolecular Hbond substituents is 1. The number of piperidine rings is 1. The Hall–Kier alpha value is -2.15. The first kappa shape index (κ1) is 16.2. The molecule has 0 aromatic heterocycles. The number of amides is 1. The lowest BCUT2D eigenvalue weighted by molar-refractivity contribution is -0.385. The summed E-state index contributed by atoms with van der Waals surface area (Å²) in [6.07, 6.45) is 1.53. The fourth-order valence-electron chi connectivity index (χ4n) is 2.72. The van der Waals surface area contributed by atoms with Crippen molar-refractivity contribution in [1.29, 1.82) is 0 Å². The second-order valence-electron chi connectivity index (χ2n) is 5.52. The molecule has 0 unspecified atom stereocenters. The average Bonchev–Trinajstić information content (AvgIpc) is 2.50. The quantitative estimate of drug-likeness (QED) is 0.637. The fraction of sp³-hybridized carbons (Fsp3) is 0.533. The van der Waals surface area contributed by atoms with Gasteiger partial charge >= 0.3 is 0 Å². The van der Waals surface area contributed by atoms with Gasteiger partial charge in [-0.2, -0.15) is 0 Å². The zero-order valence-corrected chi connectivity index (χ0v) is 12.6. The van der Waals surface area contributed by atoms with Crippen molar-refractivity contribution in [2.75, 3.05) is 19.6 Å². The predicted octanol–water partition coefficient (Wildman–Crippen LogP) is 1.65. The van der Waals surface area contributed by atoms with Gasteiger partial charge in [-0.3, -0.25) is 19.8 Å². The van der Waals surface area contributed by atoms with Crippen LogP contribution in [0.15, 0.2) is 18.2 Å². The van der Waals surface area contributed by atoms with Crippen LogP contribution in [0.4, 0.5) is 5.69 Å². The summed E-state index contributed by atoms with van der Waals surface area (Å²) in [5.74, 6) is 0.201. The first-order valence-corrected chi connectivity index (χ1v) is 7.47. The Balaban J connectivity index is 1.95. The number of benzene rings is 1. The van der Waals surface area contributed by atoms with Crippen LogP contribution in [0.5, 0.6) is 5.75 Å². The van der Waals surface area contributed by atoms with Crippen LogP contribution < -0.4 is 5.32 Å². The number of hydrogen-bond donors (Lipinski definition) is 2. The van der Waals surface area contributed by atoms with Gasteiger partial charge in [0.15, 0.2) is 0 Å². The molecule has 2 N–H and O–H groups in total. The van der Waals surface area contributed by atoms with Crippen molar-refractivity contribution >= 4 is 11.6 Å². The van der Waals surface area contributed by atoms with Crippen LogP contribution in [0.2, 0.25) is 0 Å². The molecule has 0 radical (unpaired) electrons. The van der Waals surface area contributed by atoms with Crippen LogP contribution in [0, 0.1) is 16.0 Å². The number of nitrogens with zero attached hydrogens (tertiary/aromatic N) is 2. The van der Waals surface area contributed by atoms with Crippen molar-refractivity contribution in [3.8, 4) is 5.75 Å². The monoisotopic (exact) mass is 307 g/mol. The first-order valence-electron chi connectivity index (χ1n) is 7.47. The molecule has 7 nitrogen and oxygen atoms in total. The molecule has 7 heteroatoms. The van der Waals surface area contributed by atoms with Crippen LogP contribution in [0.1, 0.15) is 25.3 Å². The van der Waals surface area contributed by atoms with Crippen LogP contribution in [0.3, 0.4) is 0 Å². The number of nitrogens with one attached hydrogen (secondary N) is 1. The summed E-state index contributed by atoms with van der Waals surface area (Å²) >= 11 is 0. The van der Waals surface area contributed by atoms with Crippen LogP contribution in [0.25, 0.3) is 0 Å². The van der Waals surface area contributed by atoms with Crippen molar-refractivity contribution in [2.45, 2.75) is 26.3 Å². The first-order chi connectivity index (χ1) is 10.5. The van der Waals surface area contributed by atoms with E-state index in [0.29, 0.717) is 18.7 Å². The van der Waals surface area contributed by atoms with Gasteiger partial charge in [-0.15, -0.1) is 0 Å². The number of carbonyl (C=O) groups is 1. The number of carbonyl (C=O) groups excluding carboxylic acids is 1. The van der Waals surface area contributed by atoms with E-state index < -0.39 is 4.92 Å². The highest BCUT2D eigenvalue weighted by molar-refractivity contribution is 5.78. The zero-order valence-electron chi connectivity index (χ0n) is 12.6. The molecule has 22 heavy (non-hydrogen) atoms. The Labute approximate surface area is 129 Å². The van der Waals surface area contributed by atoms with Crippen LogP contribution in [-0.2, 0) is 11.3 Å². The number of nitro groups is 1. The maximum absolute atomic E-state index is 11.8. The Kier molecular flexibility index (Phi) is 5.32. The molecule has 1 fully saturated rings. The minimum absolute atomic E-state index is 0.0231. The smallest absolute Gasteiger partial charge is 0.270 e. The average molecular weight is 307 g/mol. The molecule has 2 rings (SSSR count). The second kappa shape index (κ2) is 7.22. The lowest BCUT2D eigenvalue weighted by Gasteiger charge is -2.31. The number of rotatable bonds is 5. The number of non-ortho nitro benzene ring substituents is 1. The van der Waals surface area contributed by atoms with Gasteiger partial charge in [0.2, 0.25) is 5.91 Å². The van der Waals surface area contributed by atoms with E-state index in [1.54, 1.807) is 0 Å². The number of phenols is 1. The highest BCUT2D eigenvalue weighted by Gasteiger charge is 2.25. The van der Waals surface area contributed by atoms with Gasteiger partial charge in [0.25, 0.3) is 5.69 Å². The predicted molar refractivity (Wildman–Crippen MR) is 81.4 cm³/mol. The lowest BCUT2D eigenvalue weighted by atomic mass is 9.95. The van der Waals surface area contributed by atoms with Gasteiger partial charge in [-0.05, 0) is 38.9 Å². The molecule has 1 aliphatic heterocycles. The lowest BCUT2D eigenvalue weighted by Crippen LogP contribution is -2.40. The third-order valence-electron chi connectivity index (χ3n) is 3.98. The molecule has 1 saturated heterocycles. The van der Waals surface area contributed by atoms with E-state index in [4.69, 9.17) is 0 Å². The fourth-order valence-corrected chi connectivity index (χ4v) is 2.72. The SMILES string of the molecule is CCNC(=O)C1CCN(Cc2cc([N+](=O)[O-])ccc2O)CC1. The summed E-state index contributed by atoms with van der Waals surface area (Å²) in [4.78, 5) is 24.2. The van der Waals surface area contributed by atoms with E-state index in [2.05, 4.69) is 10.2 Å². The Morgan fingerprint density at radius 2 is 2.14 bits per heavy atom. The van der Waals surface area contributed by atoms with E-state index >= 15 is 0 Å². The maximum atomic E-state index is 11.8. The summed E-state index contributed by atoms with van der Waals surface area (Å²) in [5.41, 5.74) is 0.524. The van der Waals surface area contributed by atoms with Crippen molar-refractivity contribution in [3.05, 3.63) is 33.9 Å². The third kappa shape index (κ3) is 3.94. The molecule has 1 amide bonds. The van der Waals surface area contributed by atoms with Gasteiger partial charge in [0.05, 0.1) is 4.92 Å². The van der Waals surface area contributed by atoms with Crippen LogP contribution in [-0.4, -0.2) is 40.5 Å². The van der Waals surface area contributed by atoms with E-state index in [0.717, 1.165) is 25.9 Å². The molecule has 1 aromatic carbocycles. The zero-order chi connectivity index (χ0) is 16.1. The second-order valence-corrected chi connectivity index (χ2v) is 5.52. The number of likely N-dealkylation sites (tertiary alicyclic amines) is 1. The summed E-state index contributed by atoms with van der Waals surface area (Å²) in [6, 6.07) is 4.06. The summed E-state index contributed by atoms with van der Waals surface area (Å²) < 4.78 is 0. The van der Waals surface area contributed by atoms with Gasteiger partial charge in [-0.1, -0.05) is 0 Å². The Bertz CT molecular complexity index is 554. The molecule has 1 aromatic rings. The van der Waals surface area contributed by atoms with Gasteiger partial charge in [-0.25, -0.2) is 0 Å². The molecule has 0 atom stereocenters. The Morgan fingerprint density at radius 3 is 2.73 bits per heavy atom. The molecular formula is C15H21N3O4. The van der Waals surface area contributed by atoms with Gasteiger partial charge < -0.3 is 10.4 Å². The number of nitro benzene ring substituents is 1. The number of aromatic hydroxyl groups is 1. The molecule has 1 aliphatic rings. The third-order valence-corrected chi connectivity index (χ3v) is 3.98. The number of hydrogen-bond acceptors (Lipinski definition) is 5. The van der Waals surface area contributed by atoms with Gasteiger partial charge in [0, 0.05) is 36.7 Å². The van der Waals surface area contributed by atoms with Crippen molar-refractivity contribution < 1.29 is 14.8 Å². The molecule has 0 aliphatic carbocycles. The van der Waals surface area contributed by atoms with Gasteiger partial charge in [0.1, 0.15) is 5.75 Å². The maximum Gasteiger partial charge on any atom is 0.270 e. The highest BCUT2D eigenvalue weighted by Crippen LogP contribution is 2.26. The summed E-state index contributed by atoms with van der Waals surface area (Å²) in [5, 5.41) is 23.5. The van der Waals surface area contributed by atoms with E-state index in [1.165, 1.54) is 18.2 Å². The molecule has 0 saturated carbocycles. The van der Waals surface area contributed by atoms with E-state index in [-0.39, 0.29) is 23.3 Å². The molecule has 120 valence electrons. The van der Waals surface area contributed by atoms with E-state index in [9.17, 15) is 20.0 Å². The summed E-state index contributed by atoms with van der Waals surface area (Å²) in [6.45, 7) is 4.47. The minimum Gasteiger partial charge on any atom is -0.508 e. The van der Waals surface area contributed by atoms with Crippen molar-refractivity contribution in [2.24, 2.45) is 5.92 Å². The molecular weight excluding hydrogens is 286 g/mol. The largest absolute Gasteiger partial charge is 0.508 e. The summed E-state index contributed by atoms with van der Waals surface area (Å²) in [7, 11) is 0. The molecule has 0 bridgehead atoms. The van der Waals surface area contributed by atoms with Crippen molar-refractivity contribution in [1.82, 2.24) is 10.2 Å². The standard InChI is InChI=1S/C15H21N3O4/c1-2-16-15(20)11-5-7-17(8-6-11)10-12-9-13(18(21)22)3-4-14(12)19/h3-4,9,11,19H,2,5-8,10H2,1H3,(H,16,20). The van der Waals surface area contributed by atoms with Crippen LogP contribution >= 0.6 is 0 Å². The van der Waals surface area contributed by atoms with Crippen molar-refractivity contribution in [3.63, 3.8) is 0 Å². The minimum atomic E-state index is -0.468. The highest BCUT2D eigenvalue weighted by atomic mass is 16.6. The van der Waals surface area contributed by atoms with E-state index in [1.807, 2.05) is 6.92 Å².